The molecule has 0 fully saturated rings. The minimum atomic E-state index is 0.183. The lowest BCUT2D eigenvalue weighted by Gasteiger charge is -2.28. The molecule has 0 N–H and O–H groups in total. The maximum Gasteiger partial charge on any atom is 0.0629 e. The monoisotopic (exact) mass is 790 g/mol. The Bertz CT molecular complexity index is 3360. The van der Waals surface area contributed by atoms with Crippen molar-refractivity contribution >= 4 is 60.8 Å². The van der Waals surface area contributed by atoms with Crippen LogP contribution in [0.2, 0.25) is 0 Å². The minimum Gasteiger partial charge on any atom is -0.333 e. The van der Waals surface area contributed by atoms with E-state index in [4.69, 9.17) is 0 Å². The third-order valence-electron chi connectivity index (χ3n) is 12.9. The molecule has 0 radical (unpaired) electrons. The van der Waals surface area contributed by atoms with Gasteiger partial charge in [-0.25, -0.2) is 0 Å². The zero-order chi connectivity index (χ0) is 41.0. The van der Waals surface area contributed by atoms with E-state index in [2.05, 4.69) is 252 Å². The summed E-state index contributed by atoms with van der Waals surface area (Å²) in [6, 6.07) is 80.3. The molecule has 0 amide bonds. The number of fused-ring (bicyclic) bond motifs is 7. The van der Waals surface area contributed by atoms with Gasteiger partial charge in [-0.2, -0.15) is 0 Å². The Morgan fingerprint density at radius 1 is 0.387 bits per heavy atom. The molecule has 2 heteroatoms. The van der Waals surface area contributed by atoms with Crippen molar-refractivity contribution in [2.75, 3.05) is 9.80 Å². The summed E-state index contributed by atoms with van der Waals surface area (Å²) >= 11 is 0. The first-order valence-electron chi connectivity index (χ1n) is 21.6. The topological polar surface area (TPSA) is 6.48 Å². The lowest BCUT2D eigenvalue weighted by molar-refractivity contribution is 0.745. The van der Waals surface area contributed by atoms with Crippen LogP contribution in [0.4, 0.5) is 28.4 Å². The maximum absolute atomic E-state index is 2.55. The summed E-state index contributed by atoms with van der Waals surface area (Å²) in [6.45, 7) is 0. The van der Waals surface area contributed by atoms with Crippen LogP contribution < -0.4 is 9.80 Å². The average molecular weight is 791 g/mol. The second-order valence-electron chi connectivity index (χ2n) is 16.4. The molecular weight excluding hydrogens is 749 g/mol. The summed E-state index contributed by atoms with van der Waals surface area (Å²) in [5.41, 5.74) is 14.5. The number of rotatable bonds is 7. The summed E-state index contributed by atoms with van der Waals surface area (Å²) in [5.74, 6) is 0.199. The number of anilines is 5. The zero-order valence-electron chi connectivity index (χ0n) is 34.1. The first-order valence-corrected chi connectivity index (χ1v) is 21.6. The number of hydrogen-bond acceptors (Lipinski definition) is 2. The minimum absolute atomic E-state index is 0.183. The van der Waals surface area contributed by atoms with E-state index < -0.39 is 0 Å². The Kier molecular flexibility index (Phi) is 8.67. The van der Waals surface area contributed by atoms with E-state index in [1.165, 1.54) is 82.6 Å². The molecule has 0 saturated heterocycles. The van der Waals surface area contributed by atoms with E-state index in [1.54, 1.807) is 0 Å². The van der Waals surface area contributed by atoms with E-state index in [-0.39, 0.29) is 12.0 Å². The highest BCUT2D eigenvalue weighted by Crippen LogP contribution is 2.54. The van der Waals surface area contributed by atoms with E-state index >= 15 is 0 Å². The van der Waals surface area contributed by atoms with E-state index in [0.717, 1.165) is 17.1 Å². The lowest BCUT2D eigenvalue weighted by atomic mass is 9.83. The SMILES string of the molecule is C1=CC2c3c(cc4ccccc4c3-c3cccc(N(c4ccc(-c5ccccc5-c5ccccc5)cc4)c4cc5ccccc5c5ccccc45)c3)N(c3ccccc3)C2C=C1. The van der Waals surface area contributed by atoms with Crippen LogP contribution in [0.5, 0.6) is 0 Å². The fourth-order valence-corrected chi connectivity index (χ4v) is 10.2. The Morgan fingerprint density at radius 2 is 0.968 bits per heavy atom. The van der Waals surface area contributed by atoms with Crippen LogP contribution >= 0.6 is 0 Å². The van der Waals surface area contributed by atoms with Crippen molar-refractivity contribution in [1.82, 2.24) is 0 Å². The van der Waals surface area contributed by atoms with Crippen molar-refractivity contribution in [3.05, 3.63) is 248 Å². The number of allylic oxidation sites excluding steroid dienone is 2. The molecule has 292 valence electrons. The zero-order valence-corrected chi connectivity index (χ0v) is 34.1. The number of hydrogen-bond donors (Lipinski definition) is 0. The Balaban J connectivity index is 1.07. The fourth-order valence-electron chi connectivity index (χ4n) is 10.2. The Morgan fingerprint density at radius 3 is 1.73 bits per heavy atom. The normalized spacial score (nSPS) is 15.3. The van der Waals surface area contributed by atoms with Crippen molar-refractivity contribution in [3.63, 3.8) is 0 Å². The Labute approximate surface area is 362 Å². The van der Waals surface area contributed by atoms with E-state index in [9.17, 15) is 0 Å². The summed E-state index contributed by atoms with van der Waals surface area (Å²) in [5, 5.41) is 7.43. The predicted octanol–water partition coefficient (Wildman–Crippen LogP) is 16.3. The van der Waals surface area contributed by atoms with Gasteiger partial charge in [-0.15, -0.1) is 0 Å². The maximum atomic E-state index is 2.55. The molecule has 2 nitrogen and oxygen atoms in total. The van der Waals surface area contributed by atoms with Gasteiger partial charge in [-0.05, 0) is 114 Å². The van der Waals surface area contributed by atoms with Crippen molar-refractivity contribution in [2.45, 2.75) is 12.0 Å². The molecule has 1 aliphatic heterocycles. The molecule has 0 bridgehead atoms. The van der Waals surface area contributed by atoms with Crippen LogP contribution in [0.1, 0.15) is 11.5 Å². The number of nitrogens with zero attached hydrogens (tertiary/aromatic N) is 2. The van der Waals surface area contributed by atoms with Gasteiger partial charge in [0, 0.05) is 34.1 Å². The van der Waals surface area contributed by atoms with Gasteiger partial charge < -0.3 is 9.80 Å². The van der Waals surface area contributed by atoms with E-state index in [0.29, 0.717) is 0 Å². The summed E-state index contributed by atoms with van der Waals surface area (Å²) in [7, 11) is 0. The molecule has 12 rings (SSSR count). The van der Waals surface area contributed by atoms with Gasteiger partial charge in [0.25, 0.3) is 0 Å². The smallest absolute Gasteiger partial charge is 0.0629 e. The molecule has 1 heterocycles. The highest BCUT2D eigenvalue weighted by molar-refractivity contribution is 6.15. The summed E-state index contributed by atoms with van der Waals surface area (Å²) in [6.07, 6.45) is 9.21. The number of benzene rings is 10. The molecule has 0 aromatic heterocycles. The molecule has 2 atom stereocenters. The summed E-state index contributed by atoms with van der Waals surface area (Å²) < 4.78 is 0. The molecule has 0 saturated carbocycles. The van der Waals surface area contributed by atoms with Crippen LogP contribution in [-0.4, -0.2) is 6.04 Å². The molecule has 10 aromatic carbocycles. The van der Waals surface area contributed by atoms with Crippen molar-refractivity contribution in [3.8, 4) is 33.4 Å². The van der Waals surface area contributed by atoms with Gasteiger partial charge in [-0.3, -0.25) is 0 Å². The van der Waals surface area contributed by atoms with Gasteiger partial charge >= 0.3 is 0 Å². The quantitative estimate of drug-likeness (QED) is 0.148. The van der Waals surface area contributed by atoms with Gasteiger partial charge in [0.15, 0.2) is 0 Å². The van der Waals surface area contributed by atoms with Gasteiger partial charge in [0.05, 0.1) is 11.7 Å². The number of para-hydroxylation sites is 1. The van der Waals surface area contributed by atoms with Crippen LogP contribution in [0, 0.1) is 0 Å². The van der Waals surface area contributed by atoms with Gasteiger partial charge in [0.2, 0.25) is 0 Å². The Hall–Kier alpha value is -7.94. The summed E-state index contributed by atoms with van der Waals surface area (Å²) in [4.78, 5) is 5.02. The highest BCUT2D eigenvalue weighted by atomic mass is 15.2. The van der Waals surface area contributed by atoms with Gasteiger partial charge in [0.1, 0.15) is 0 Å². The predicted molar refractivity (Wildman–Crippen MR) is 263 cm³/mol. The van der Waals surface area contributed by atoms with Crippen molar-refractivity contribution in [1.29, 1.82) is 0 Å². The largest absolute Gasteiger partial charge is 0.333 e. The fraction of sp³-hybridized carbons (Fsp3) is 0.0333. The van der Waals surface area contributed by atoms with Gasteiger partial charge in [-0.1, -0.05) is 194 Å². The average Bonchev–Trinajstić information content (AvgIpc) is 3.68. The molecule has 62 heavy (non-hydrogen) atoms. The first-order chi connectivity index (χ1) is 30.8. The third kappa shape index (κ3) is 5.95. The standard InChI is InChI=1S/C60H42N2/c1-3-18-41(19-4-1)49-26-11-12-27-50(49)42-34-36-47(37-35-42)61(57-39-43-20-7-9-28-51(43)53-30-13-14-31-54(53)57)48-25-17-22-45(38-48)59-52-29-10-8-21-44(52)40-58-60(59)55-32-15-16-33-56(55)62(58)46-23-5-2-6-24-46/h1-40,55-56H. The second-order valence-corrected chi connectivity index (χ2v) is 16.4. The third-order valence-corrected chi connectivity index (χ3v) is 12.9. The molecule has 2 aliphatic rings. The molecule has 2 unspecified atom stereocenters. The van der Waals surface area contributed by atoms with Crippen LogP contribution in [0.15, 0.2) is 243 Å². The van der Waals surface area contributed by atoms with Crippen LogP contribution in [0.3, 0.4) is 0 Å². The lowest BCUT2D eigenvalue weighted by Crippen LogP contribution is -2.28. The highest BCUT2D eigenvalue weighted by Gasteiger charge is 2.40. The molecule has 10 aromatic rings. The molecule has 0 spiro atoms. The molecular formula is C60H42N2. The first kappa shape index (κ1) is 36.0. The van der Waals surface area contributed by atoms with Crippen LogP contribution in [-0.2, 0) is 0 Å². The second kappa shape index (κ2) is 15.0. The van der Waals surface area contributed by atoms with Crippen molar-refractivity contribution in [2.24, 2.45) is 0 Å². The van der Waals surface area contributed by atoms with E-state index in [1.807, 2.05) is 0 Å². The van der Waals surface area contributed by atoms with Crippen LogP contribution in [0.25, 0.3) is 65.7 Å². The van der Waals surface area contributed by atoms with Crippen molar-refractivity contribution < 1.29 is 0 Å². The molecule has 1 aliphatic carbocycles.